The van der Waals surface area contributed by atoms with E-state index in [0.29, 0.717) is 34.2 Å². The van der Waals surface area contributed by atoms with E-state index in [1.165, 1.54) is 18.2 Å². The standard InChI is InChI=1S/3C13H8F3N5.Eu/c3*14-13(15,16)12-19-11(20-21-12)10-6-3-5-9(18-10)8-4-1-2-7-17-8;/h3*1-7H,(H,19,20,21);. The quantitative estimate of drug-likeness (QED) is 0.134. The average Bonchev–Trinajstić information content (AvgIpc) is 4.11. The first-order chi connectivity index (χ1) is 30.1. The van der Waals surface area contributed by atoms with E-state index < -0.39 is 36.0 Å². The molecule has 0 saturated heterocycles. The summed E-state index contributed by atoms with van der Waals surface area (Å²) in [4.78, 5) is 35.3. The summed E-state index contributed by atoms with van der Waals surface area (Å²) < 4.78 is 112. The molecule has 9 rings (SSSR count). The Labute approximate surface area is 394 Å². The zero-order valence-electron chi connectivity index (χ0n) is 31.8. The minimum absolute atomic E-state index is 0. The molecule has 64 heavy (non-hydrogen) atoms. The van der Waals surface area contributed by atoms with Gasteiger partial charge in [-0.25, -0.2) is 29.9 Å². The maximum Gasteiger partial charge on any atom is 0.451 e. The molecule has 0 aromatic carbocycles. The van der Waals surface area contributed by atoms with Crippen molar-refractivity contribution in [1.29, 1.82) is 0 Å². The van der Waals surface area contributed by atoms with E-state index in [4.69, 9.17) is 0 Å². The van der Waals surface area contributed by atoms with Crippen LogP contribution < -0.4 is 0 Å². The van der Waals surface area contributed by atoms with Gasteiger partial charge in [-0.1, -0.05) is 36.4 Å². The molecule has 9 aromatic rings. The van der Waals surface area contributed by atoms with Crippen LogP contribution >= 0.6 is 0 Å². The zero-order chi connectivity index (χ0) is 44.6. The molecule has 0 fully saturated rings. The number of aromatic nitrogens is 15. The van der Waals surface area contributed by atoms with E-state index in [1.54, 1.807) is 110 Å². The Morgan fingerprint density at radius 2 is 0.547 bits per heavy atom. The van der Waals surface area contributed by atoms with Crippen molar-refractivity contribution >= 4 is 0 Å². The molecule has 0 unspecified atom stereocenters. The van der Waals surface area contributed by atoms with Gasteiger partial charge in [-0.15, -0.1) is 0 Å². The van der Waals surface area contributed by atoms with Crippen LogP contribution in [0.4, 0.5) is 39.5 Å². The van der Waals surface area contributed by atoms with Gasteiger partial charge in [-0.3, -0.25) is 30.2 Å². The summed E-state index contributed by atoms with van der Waals surface area (Å²) in [6, 6.07) is 30.7. The third-order valence-corrected chi connectivity index (χ3v) is 7.98. The SMILES string of the molecule is FC(F)(F)c1nc(-c2cccc(-c3ccccn3)n2)n[nH]1.FC(F)(F)c1nc(-c2cccc(-c3ccccn3)n2)n[nH]1.FC(F)(F)c1nc(-c2cccc(-c3ccccn3)n2)n[nH]1.[Eu]. The Balaban J connectivity index is 0.000000158. The van der Waals surface area contributed by atoms with Crippen molar-refractivity contribution in [3.63, 3.8) is 0 Å². The van der Waals surface area contributed by atoms with Gasteiger partial charge in [-0.2, -0.15) is 54.8 Å². The fraction of sp³-hybridized carbons (Fsp3) is 0.0769. The third kappa shape index (κ3) is 12.0. The molecule has 0 saturated carbocycles. The second-order valence-corrected chi connectivity index (χ2v) is 12.4. The number of nitrogens with zero attached hydrogens (tertiary/aromatic N) is 12. The molecule has 0 aliphatic carbocycles. The summed E-state index contributed by atoms with van der Waals surface area (Å²) in [5.74, 6) is -3.78. The molecule has 0 amide bonds. The Morgan fingerprint density at radius 3 is 0.766 bits per heavy atom. The number of halogens is 9. The topological polar surface area (TPSA) is 202 Å². The van der Waals surface area contributed by atoms with Crippen molar-refractivity contribution in [3.8, 4) is 68.7 Å². The van der Waals surface area contributed by atoms with Crippen LogP contribution in [-0.4, -0.2) is 75.4 Å². The molecule has 9 aromatic heterocycles. The van der Waals surface area contributed by atoms with Crippen molar-refractivity contribution in [2.24, 2.45) is 0 Å². The second kappa shape index (κ2) is 20.2. The molecule has 3 N–H and O–H groups in total. The van der Waals surface area contributed by atoms with Crippen LogP contribution in [-0.2, 0) is 18.5 Å². The van der Waals surface area contributed by atoms with Crippen LogP contribution in [0.15, 0.2) is 128 Å². The Morgan fingerprint density at radius 1 is 0.297 bits per heavy atom. The van der Waals surface area contributed by atoms with Crippen LogP contribution in [0.1, 0.15) is 17.5 Å². The number of alkyl halides is 9. The summed E-state index contributed by atoms with van der Waals surface area (Å²) in [6.07, 6.45) is -8.87. The van der Waals surface area contributed by atoms with Gasteiger partial charge in [-0.05, 0) is 72.8 Å². The predicted molar refractivity (Wildman–Crippen MR) is 204 cm³/mol. The van der Waals surface area contributed by atoms with Crippen LogP contribution in [0.3, 0.4) is 0 Å². The normalized spacial score (nSPS) is 11.4. The molecule has 0 aliphatic rings. The smallest absolute Gasteiger partial charge is 0.255 e. The molecular weight excluding hydrogens is 1000 g/mol. The van der Waals surface area contributed by atoms with Crippen molar-refractivity contribution in [3.05, 3.63) is 145 Å². The van der Waals surface area contributed by atoms with Crippen LogP contribution in [0.5, 0.6) is 0 Å². The Kier molecular flexibility index (Phi) is 14.8. The maximum atomic E-state index is 12.5. The number of pyridine rings is 6. The molecule has 325 valence electrons. The van der Waals surface area contributed by atoms with Gasteiger partial charge < -0.3 is 0 Å². The molecular formula is C39H24EuF9N15. The number of H-pyrrole nitrogens is 3. The summed E-state index contributed by atoms with van der Waals surface area (Å²) in [5.41, 5.74) is 4.17. The van der Waals surface area contributed by atoms with Crippen LogP contribution in [0, 0.1) is 49.4 Å². The summed E-state index contributed by atoms with van der Waals surface area (Å²) in [6.45, 7) is 0. The third-order valence-electron chi connectivity index (χ3n) is 7.98. The molecule has 0 atom stereocenters. The van der Waals surface area contributed by atoms with Crippen molar-refractivity contribution in [1.82, 2.24) is 75.4 Å². The second-order valence-electron chi connectivity index (χ2n) is 12.4. The molecule has 9 heterocycles. The van der Waals surface area contributed by atoms with E-state index in [9.17, 15) is 39.5 Å². The molecule has 25 heteroatoms. The minimum atomic E-state index is -4.57. The van der Waals surface area contributed by atoms with Gasteiger partial charge in [0.15, 0.2) is 17.5 Å². The van der Waals surface area contributed by atoms with Gasteiger partial charge in [0.2, 0.25) is 17.5 Å². The first kappa shape index (κ1) is 46.8. The summed E-state index contributed by atoms with van der Waals surface area (Å²) >= 11 is 0. The van der Waals surface area contributed by atoms with Crippen molar-refractivity contribution < 1.29 is 88.9 Å². The number of rotatable bonds is 6. The number of hydrogen-bond donors (Lipinski definition) is 3. The monoisotopic (exact) mass is 1030 g/mol. The van der Waals surface area contributed by atoms with E-state index in [-0.39, 0.29) is 83.9 Å². The van der Waals surface area contributed by atoms with Gasteiger partial charge in [0.05, 0.1) is 34.2 Å². The average molecular weight is 1030 g/mol. The first-order valence-electron chi connectivity index (χ1n) is 17.8. The van der Waals surface area contributed by atoms with Gasteiger partial charge >= 0.3 is 18.5 Å². The zero-order valence-corrected chi connectivity index (χ0v) is 34.2. The van der Waals surface area contributed by atoms with Crippen molar-refractivity contribution in [2.45, 2.75) is 18.5 Å². The van der Waals surface area contributed by atoms with Gasteiger partial charge in [0, 0.05) is 68.0 Å². The van der Waals surface area contributed by atoms with E-state index >= 15 is 0 Å². The summed E-state index contributed by atoms with van der Waals surface area (Å²) in [7, 11) is 0. The number of nitrogens with one attached hydrogen (secondary N) is 3. The largest absolute Gasteiger partial charge is 0.451 e. The van der Waals surface area contributed by atoms with E-state index in [1.807, 2.05) is 15.3 Å². The first-order valence-corrected chi connectivity index (χ1v) is 17.8. The van der Waals surface area contributed by atoms with Crippen LogP contribution in [0.2, 0.25) is 0 Å². The molecule has 15 nitrogen and oxygen atoms in total. The fourth-order valence-corrected chi connectivity index (χ4v) is 5.16. The minimum Gasteiger partial charge on any atom is -0.255 e. The Bertz CT molecular complexity index is 2570. The van der Waals surface area contributed by atoms with E-state index in [2.05, 4.69) is 60.2 Å². The molecule has 0 spiro atoms. The molecule has 1 radical (unpaired) electrons. The summed E-state index contributed by atoms with van der Waals surface area (Å²) in [5, 5.41) is 16.2. The molecule has 0 bridgehead atoms. The number of hydrogen-bond acceptors (Lipinski definition) is 12. The Hall–Kier alpha value is -6.73. The fourth-order valence-electron chi connectivity index (χ4n) is 5.16. The maximum absolute atomic E-state index is 12.5. The molecule has 0 aliphatic heterocycles. The van der Waals surface area contributed by atoms with Gasteiger partial charge in [0.25, 0.3) is 0 Å². The number of aromatic amines is 3. The van der Waals surface area contributed by atoms with Crippen LogP contribution in [0.25, 0.3) is 68.7 Å². The van der Waals surface area contributed by atoms with Crippen molar-refractivity contribution in [2.75, 3.05) is 0 Å². The van der Waals surface area contributed by atoms with Gasteiger partial charge in [0.1, 0.15) is 17.1 Å². The predicted octanol–water partition coefficient (Wildman–Crippen LogP) is 8.84. The van der Waals surface area contributed by atoms with E-state index in [0.717, 1.165) is 0 Å².